The van der Waals surface area contributed by atoms with Gasteiger partial charge in [-0.15, -0.1) is 0 Å². The van der Waals surface area contributed by atoms with Crippen LogP contribution in [0.2, 0.25) is 0 Å². The molecule has 2 aliphatic heterocycles. The molecule has 2 fully saturated rings. The van der Waals surface area contributed by atoms with E-state index in [0.29, 0.717) is 38.9 Å². The molecule has 2 aliphatic rings. The second kappa shape index (κ2) is 7.44. The van der Waals surface area contributed by atoms with Crippen LogP contribution in [0.25, 0.3) is 0 Å². The topological polar surface area (TPSA) is 93.5 Å². The van der Waals surface area contributed by atoms with Crippen LogP contribution in [0.15, 0.2) is 0 Å². The fourth-order valence-electron chi connectivity index (χ4n) is 3.25. The van der Waals surface area contributed by atoms with E-state index in [2.05, 4.69) is 5.32 Å². The Morgan fingerprint density at radius 1 is 1.35 bits per heavy atom. The van der Waals surface area contributed by atoms with E-state index in [-0.39, 0.29) is 42.1 Å². The minimum atomic E-state index is -0.258. The molecule has 0 aliphatic carbocycles. The molecule has 0 saturated carbocycles. The van der Waals surface area contributed by atoms with Crippen molar-refractivity contribution in [2.24, 2.45) is 5.92 Å². The first-order chi connectivity index (χ1) is 10.9. The minimum absolute atomic E-state index is 0.0253. The first-order valence-electron chi connectivity index (χ1n) is 8.17. The summed E-state index contributed by atoms with van der Waals surface area (Å²) < 4.78 is 0. The average molecular weight is 320 g/mol. The summed E-state index contributed by atoms with van der Waals surface area (Å²) in [5, 5.41) is 11.3. The highest BCUT2D eigenvalue weighted by atomic mass is 16.2. The van der Waals surface area contributed by atoms with Crippen LogP contribution in [0.5, 0.6) is 0 Å². The van der Waals surface area contributed by atoms with Crippen molar-refractivity contribution in [3.63, 3.8) is 0 Å². The molecule has 126 valence electrons. The number of carbonyl (C=O) groups is 3. The SMILES string of the molecule is CC(C)N1CC(C(=O)N2CCC(NC(=O)CC#N)CC2)CC1=O. The number of carbonyl (C=O) groups excluding carboxylic acids is 3. The van der Waals surface area contributed by atoms with Gasteiger partial charge in [-0.2, -0.15) is 5.26 Å². The average Bonchev–Trinajstić information content (AvgIpc) is 2.89. The maximum atomic E-state index is 12.6. The highest BCUT2D eigenvalue weighted by Crippen LogP contribution is 2.23. The zero-order chi connectivity index (χ0) is 17.0. The number of nitriles is 1. The fourth-order valence-corrected chi connectivity index (χ4v) is 3.25. The van der Waals surface area contributed by atoms with E-state index in [9.17, 15) is 14.4 Å². The molecule has 23 heavy (non-hydrogen) atoms. The van der Waals surface area contributed by atoms with Crippen molar-refractivity contribution in [2.75, 3.05) is 19.6 Å². The standard InChI is InChI=1S/C16H24N4O3/c1-11(2)20-10-12(9-15(20)22)16(23)19-7-4-13(5-8-19)18-14(21)3-6-17/h11-13H,3-5,7-10H2,1-2H3,(H,18,21). The van der Waals surface area contributed by atoms with Crippen molar-refractivity contribution >= 4 is 17.7 Å². The van der Waals surface area contributed by atoms with Gasteiger partial charge in [-0.05, 0) is 26.7 Å². The molecule has 0 spiro atoms. The van der Waals surface area contributed by atoms with E-state index in [1.807, 2.05) is 19.9 Å². The Hall–Kier alpha value is -2.10. The summed E-state index contributed by atoms with van der Waals surface area (Å²) in [5.74, 6) is -0.402. The number of nitrogens with one attached hydrogen (secondary N) is 1. The predicted octanol–water partition coefficient (Wildman–Crippen LogP) is 0.264. The molecular weight excluding hydrogens is 296 g/mol. The lowest BCUT2D eigenvalue weighted by atomic mass is 10.0. The van der Waals surface area contributed by atoms with Crippen molar-refractivity contribution in [3.05, 3.63) is 0 Å². The Labute approximate surface area is 136 Å². The van der Waals surface area contributed by atoms with Gasteiger partial charge in [0, 0.05) is 38.1 Å². The lowest BCUT2D eigenvalue weighted by Crippen LogP contribution is -2.48. The molecule has 1 unspecified atom stereocenters. The van der Waals surface area contributed by atoms with Gasteiger partial charge in [-0.1, -0.05) is 0 Å². The van der Waals surface area contributed by atoms with E-state index in [1.165, 1.54) is 0 Å². The molecule has 1 N–H and O–H groups in total. The summed E-state index contributed by atoms with van der Waals surface area (Å²) >= 11 is 0. The van der Waals surface area contributed by atoms with Crippen molar-refractivity contribution in [1.82, 2.24) is 15.1 Å². The van der Waals surface area contributed by atoms with Gasteiger partial charge in [0.2, 0.25) is 17.7 Å². The summed E-state index contributed by atoms with van der Waals surface area (Å²) in [7, 11) is 0. The first kappa shape index (κ1) is 17.3. The molecule has 7 nitrogen and oxygen atoms in total. The summed E-state index contributed by atoms with van der Waals surface area (Å²) in [6, 6.07) is 1.98. The molecule has 2 rings (SSSR count). The molecule has 0 aromatic rings. The molecule has 0 bridgehead atoms. The lowest BCUT2D eigenvalue weighted by Gasteiger charge is -2.33. The molecule has 3 amide bonds. The monoisotopic (exact) mass is 320 g/mol. The zero-order valence-electron chi connectivity index (χ0n) is 13.7. The van der Waals surface area contributed by atoms with Crippen molar-refractivity contribution in [1.29, 1.82) is 5.26 Å². The maximum Gasteiger partial charge on any atom is 0.234 e. The fraction of sp³-hybridized carbons (Fsp3) is 0.750. The second-order valence-corrected chi connectivity index (χ2v) is 6.54. The summed E-state index contributed by atoms with van der Waals surface area (Å²) in [6.45, 7) is 5.60. The van der Waals surface area contributed by atoms with Crippen LogP contribution < -0.4 is 5.32 Å². The van der Waals surface area contributed by atoms with E-state index in [1.54, 1.807) is 9.80 Å². The van der Waals surface area contributed by atoms with Crippen molar-refractivity contribution in [3.8, 4) is 6.07 Å². The van der Waals surface area contributed by atoms with E-state index >= 15 is 0 Å². The number of piperidine rings is 1. The zero-order valence-corrected chi connectivity index (χ0v) is 13.7. The molecule has 0 aromatic heterocycles. The molecular formula is C16H24N4O3. The lowest BCUT2D eigenvalue weighted by molar-refractivity contribution is -0.137. The van der Waals surface area contributed by atoms with E-state index in [4.69, 9.17) is 5.26 Å². The van der Waals surface area contributed by atoms with Crippen LogP contribution in [-0.2, 0) is 14.4 Å². The third-order valence-corrected chi connectivity index (χ3v) is 4.54. The Bertz CT molecular complexity index is 518. The van der Waals surface area contributed by atoms with Crippen LogP contribution in [-0.4, -0.2) is 59.2 Å². The third kappa shape index (κ3) is 4.21. The van der Waals surface area contributed by atoms with Crippen LogP contribution in [0.4, 0.5) is 0 Å². The molecule has 2 heterocycles. The molecule has 2 saturated heterocycles. The Morgan fingerprint density at radius 3 is 2.52 bits per heavy atom. The van der Waals surface area contributed by atoms with Gasteiger partial charge in [-0.3, -0.25) is 14.4 Å². The summed E-state index contributed by atoms with van der Waals surface area (Å²) in [6.07, 6.45) is 1.55. The first-order valence-corrected chi connectivity index (χ1v) is 8.17. The van der Waals surface area contributed by atoms with Gasteiger partial charge in [0.05, 0.1) is 12.0 Å². The van der Waals surface area contributed by atoms with Crippen LogP contribution in [0.3, 0.4) is 0 Å². The molecule has 0 radical (unpaired) electrons. The normalized spacial score (nSPS) is 22.3. The number of likely N-dealkylation sites (tertiary alicyclic amines) is 2. The van der Waals surface area contributed by atoms with Crippen molar-refractivity contribution in [2.45, 2.75) is 51.6 Å². The van der Waals surface area contributed by atoms with E-state index in [0.717, 1.165) is 0 Å². The Balaban J connectivity index is 1.81. The van der Waals surface area contributed by atoms with Gasteiger partial charge in [0.1, 0.15) is 6.42 Å². The van der Waals surface area contributed by atoms with Crippen LogP contribution in [0, 0.1) is 17.2 Å². The van der Waals surface area contributed by atoms with Gasteiger partial charge in [-0.25, -0.2) is 0 Å². The van der Waals surface area contributed by atoms with Gasteiger partial charge in [0.15, 0.2) is 0 Å². The van der Waals surface area contributed by atoms with Gasteiger partial charge >= 0.3 is 0 Å². The van der Waals surface area contributed by atoms with Crippen molar-refractivity contribution < 1.29 is 14.4 Å². The highest BCUT2D eigenvalue weighted by molar-refractivity contribution is 5.89. The number of amides is 3. The highest BCUT2D eigenvalue weighted by Gasteiger charge is 2.38. The number of hydrogen-bond donors (Lipinski definition) is 1. The quantitative estimate of drug-likeness (QED) is 0.804. The summed E-state index contributed by atoms with van der Waals surface area (Å²) in [5.41, 5.74) is 0. The molecule has 1 atom stereocenters. The van der Waals surface area contributed by atoms with Gasteiger partial charge < -0.3 is 15.1 Å². The number of nitrogens with zero attached hydrogens (tertiary/aromatic N) is 3. The predicted molar refractivity (Wildman–Crippen MR) is 82.9 cm³/mol. The van der Waals surface area contributed by atoms with E-state index < -0.39 is 0 Å². The third-order valence-electron chi connectivity index (χ3n) is 4.54. The van der Waals surface area contributed by atoms with Gasteiger partial charge in [0.25, 0.3) is 0 Å². The van der Waals surface area contributed by atoms with Crippen LogP contribution >= 0.6 is 0 Å². The van der Waals surface area contributed by atoms with Crippen LogP contribution in [0.1, 0.15) is 39.5 Å². The maximum absolute atomic E-state index is 12.6. The summed E-state index contributed by atoms with van der Waals surface area (Å²) in [4.78, 5) is 39.5. The number of hydrogen-bond acceptors (Lipinski definition) is 4. The number of rotatable bonds is 4. The smallest absolute Gasteiger partial charge is 0.234 e. The molecule has 0 aromatic carbocycles. The minimum Gasteiger partial charge on any atom is -0.352 e. The largest absolute Gasteiger partial charge is 0.352 e. The second-order valence-electron chi connectivity index (χ2n) is 6.54. The Kier molecular flexibility index (Phi) is 5.59. The molecule has 7 heteroatoms. The Morgan fingerprint density at radius 2 is 2.00 bits per heavy atom.